The van der Waals surface area contributed by atoms with Crippen molar-refractivity contribution in [1.29, 1.82) is 0 Å². The Bertz CT molecular complexity index is 379. The second-order valence-electron chi connectivity index (χ2n) is 5.32. The Morgan fingerprint density at radius 3 is 2.39 bits per heavy atom. The van der Waals surface area contributed by atoms with Gasteiger partial charge in [0, 0.05) is 6.54 Å². The molecule has 0 saturated heterocycles. The van der Waals surface area contributed by atoms with E-state index in [0.29, 0.717) is 18.7 Å². The monoisotopic (exact) mass is 255 g/mol. The molecule has 1 amide bonds. The van der Waals surface area contributed by atoms with Crippen LogP contribution in [0.15, 0.2) is 11.1 Å². The molecular formula is C13H21NO4. The van der Waals surface area contributed by atoms with Gasteiger partial charge in [-0.15, -0.1) is 0 Å². The lowest BCUT2D eigenvalue weighted by atomic mass is 10.2. The minimum Gasteiger partial charge on any atom is -0.463 e. The molecule has 0 bridgehead atoms. The van der Waals surface area contributed by atoms with Crippen LogP contribution >= 0.6 is 0 Å². The normalized spacial score (nSPS) is 15.9. The average molecular weight is 255 g/mol. The maximum Gasteiger partial charge on any atom is 0.410 e. The molecule has 0 radical (unpaired) electrons. The molecule has 0 saturated carbocycles. The lowest BCUT2D eigenvalue weighted by molar-refractivity contribution is -0.138. The number of ether oxygens (including phenoxy) is 2. The Balaban J connectivity index is 2.63. The molecule has 0 aromatic rings. The van der Waals surface area contributed by atoms with E-state index >= 15 is 0 Å². The van der Waals surface area contributed by atoms with Crippen molar-refractivity contribution in [2.45, 2.75) is 40.2 Å². The van der Waals surface area contributed by atoms with E-state index in [1.807, 2.05) is 27.7 Å². The highest BCUT2D eigenvalue weighted by Gasteiger charge is 2.31. The van der Waals surface area contributed by atoms with Crippen molar-refractivity contribution in [3.63, 3.8) is 0 Å². The molecular weight excluding hydrogens is 234 g/mol. The molecule has 0 aliphatic carbocycles. The number of nitrogens with zero attached hydrogens (tertiary/aromatic N) is 1. The van der Waals surface area contributed by atoms with Gasteiger partial charge in [0.1, 0.15) is 5.60 Å². The molecule has 0 atom stereocenters. The highest BCUT2D eigenvalue weighted by molar-refractivity contribution is 5.91. The van der Waals surface area contributed by atoms with Gasteiger partial charge in [0.25, 0.3) is 0 Å². The highest BCUT2D eigenvalue weighted by Crippen LogP contribution is 2.20. The van der Waals surface area contributed by atoms with Crippen molar-refractivity contribution >= 4 is 12.1 Å². The number of esters is 1. The third kappa shape index (κ3) is 3.75. The maximum atomic E-state index is 11.9. The predicted molar refractivity (Wildman–Crippen MR) is 67.1 cm³/mol. The van der Waals surface area contributed by atoms with Gasteiger partial charge in [0.05, 0.1) is 18.7 Å². The van der Waals surface area contributed by atoms with Crippen LogP contribution in [0.3, 0.4) is 0 Å². The maximum absolute atomic E-state index is 11.9. The van der Waals surface area contributed by atoms with E-state index in [4.69, 9.17) is 9.47 Å². The summed E-state index contributed by atoms with van der Waals surface area (Å²) in [5.41, 5.74) is 0.888. The number of hydrogen-bond acceptors (Lipinski definition) is 4. The van der Waals surface area contributed by atoms with Gasteiger partial charge in [-0.1, -0.05) is 0 Å². The Labute approximate surface area is 108 Å². The van der Waals surface area contributed by atoms with E-state index in [9.17, 15) is 9.59 Å². The van der Waals surface area contributed by atoms with Crippen molar-refractivity contribution in [2.24, 2.45) is 0 Å². The molecule has 0 aromatic heterocycles. The van der Waals surface area contributed by atoms with Crippen molar-refractivity contribution in [2.75, 3.05) is 19.7 Å². The Morgan fingerprint density at radius 1 is 1.28 bits per heavy atom. The second-order valence-corrected chi connectivity index (χ2v) is 5.32. The van der Waals surface area contributed by atoms with Gasteiger partial charge in [-0.2, -0.15) is 0 Å². The smallest absolute Gasteiger partial charge is 0.410 e. The van der Waals surface area contributed by atoms with Gasteiger partial charge in [-0.25, -0.2) is 9.59 Å². The zero-order chi connectivity index (χ0) is 13.9. The van der Waals surface area contributed by atoms with Crippen molar-refractivity contribution in [3.8, 4) is 0 Å². The summed E-state index contributed by atoms with van der Waals surface area (Å²) in [6, 6.07) is 0. The van der Waals surface area contributed by atoms with Crippen molar-refractivity contribution in [3.05, 3.63) is 11.1 Å². The summed E-state index contributed by atoms with van der Waals surface area (Å²) in [5.74, 6) is -0.346. The number of hydrogen-bond donors (Lipinski definition) is 0. The van der Waals surface area contributed by atoms with Gasteiger partial charge in [-0.05, 0) is 40.2 Å². The molecule has 0 aromatic carbocycles. The first kappa shape index (κ1) is 14.5. The van der Waals surface area contributed by atoms with Crippen LogP contribution in [0.1, 0.15) is 34.6 Å². The minimum absolute atomic E-state index is 0.263. The number of amides is 1. The van der Waals surface area contributed by atoms with Gasteiger partial charge >= 0.3 is 12.1 Å². The van der Waals surface area contributed by atoms with Crippen LogP contribution in [-0.2, 0) is 14.3 Å². The van der Waals surface area contributed by atoms with E-state index in [1.165, 1.54) is 4.90 Å². The standard InChI is InChI=1S/C13H21NO4/c1-6-17-11(15)10-8-14(7-9(10)2)12(16)18-13(3,4)5/h6-8H2,1-5H3. The van der Waals surface area contributed by atoms with E-state index in [1.54, 1.807) is 6.92 Å². The summed E-state index contributed by atoms with van der Waals surface area (Å²) in [6.07, 6.45) is -0.402. The third-order valence-electron chi connectivity index (χ3n) is 2.47. The summed E-state index contributed by atoms with van der Waals surface area (Å²) in [4.78, 5) is 25.0. The van der Waals surface area contributed by atoms with E-state index in [2.05, 4.69) is 0 Å². The summed E-state index contributed by atoms with van der Waals surface area (Å²) in [5, 5.41) is 0. The summed E-state index contributed by atoms with van der Waals surface area (Å²) < 4.78 is 10.2. The van der Waals surface area contributed by atoms with Crippen LogP contribution in [-0.4, -0.2) is 42.3 Å². The second kappa shape index (κ2) is 5.42. The molecule has 0 unspecified atom stereocenters. The Morgan fingerprint density at radius 2 is 1.89 bits per heavy atom. The van der Waals surface area contributed by atoms with Crippen LogP contribution in [0, 0.1) is 0 Å². The highest BCUT2D eigenvalue weighted by atomic mass is 16.6. The molecule has 1 rings (SSSR count). The molecule has 0 fully saturated rings. The lowest BCUT2D eigenvalue weighted by Crippen LogP contribution is -2.36. The van der Waals surface area contributed by atoms with Gasteiger partial charge < -0.3 is 9.47 Å². The fourth-order valence-electron chi connectivity index (χ4n) is 1.68. The third-order valence-corrected chi connectivity index (χ3v) is 2.47. The fraction of sp³-hybridized carbons (Fsp3) is 0.692. The lowest BCUT2D eigenvalue weighted by Gasteiger charge is -2.24. The molecule has 1 heterocycles. The molecule has 1 aliphatic heterocycles. The SMILES string of the molecule is CCOC(=O)C1=C(C)CN(C(=O)OC(C)(C)C)C1. The predicted octanol–water partition coefficient (Wildman–Crippen LogP) is 2.12. The molecule has 18 heavy (non-hydrogen) atoms. The van der Waals surface area contributed by atoms with E-state index in [0.717, 1.165) is 5.57 Å². The summed E-state index contributed by atoms with van der Waals surface area (Å²) in [6.45, 7) is 10.0. The van der Waals surface area contributed by atoms with Crippen LogP contribution in [0.4, 0.5) is 4.79 Å². The number of rotatable bonds is 2. The first-order valence-corrected chi connectivity index (χ1v) is 6.08. The zero-order valence-electron chi connectivity index (χ0n) is 11.7. The molecule has 5 nitrogen and oxygen atoms in total. The van der Waals surface area contributed by atoms with Crippen LogP contribution in [0.25, 0.3) is 0 Å². The zero-order valence-corrected chi connectivity index (χ0v) is 11.7. The van der Waals surface area contributed by atoms with Gasteiger partial charge in [-0.3, -0.25) is 4.90 Å². The minimum atomic E-state index is -0.530. The van der Waals surface area contributed by atoms with Gasteiger partial charge in [0.15, 0.2) is 0 Å². The quantitative estimate of drug-likeness (QED) is 0.709. The molecule has 0 spiro atoms. The largest absolute Gasteiger partial charge is 0.463 e. The summed E-state index contributed by atoms with van der Waals surface area (Å²) >= 11 is 0. The molecule has 5 heteroatoms. The van der Waals surface area contributed by atoms with Crippen LogP contribution in [0.5, 0.6) is 0 Å². The first-order valence-electron chi connectivity index (χ1n) is 6.08. The van der Waals surface area contributed by atoms with Crippen molar-refractivity contribution in [1.82, 2.24) is 4.90 Å². The Kier molecular flexibility index (Phi) is 4.38. The summed E-state index contributed by atoms with van der Waals surface area (Å²) in [7, 11) is 0. The molecule has 1 aliphatic rings. The Hall–Kier alpha value is -1.52. The molecule has 102 valence electrons. The fourth-order valence-corrected chi connectivity index (χ4v) is 1.68. The van der Waals surface area contributed by atoms with E-state index in [-0.39, 0.29) is 12.5 Å². The van der Waals surface area contributed by atoms with E-state index < -0.39 is 11.7 Å². The number of carbonyl (C=O) groups is 2. The van der Waals surface area contributed by atoms with Gasteiger partial charge in [0.2, 0.25) is 0 Å². The van der Waals surface area contributed by atoms with Crippen molar-refractivity contribution < 1.29 is 19.1 Å². The van der Waals surface area contributed by atoms with Crippen LogP contribution < -0.4 is 0 Å². The molecule has 0 N–H and O–H groups in total. The topological polar surface area (TPSA) is 55.8 Å². The van der Waals surface area contributed by atoms with Crippen LogP contribution in [0.2, 0.25) is 0 Å². The average Bonchev–Trinajstić information content (AvgIpc) is 2.58. The number of carbonyl (C=O) groups excluding carboxylic acids is 2. The first-order chi connectivity index (χ1) is 8.24.